The highest BCUT2D eigenvalue weighted by Crippen LogP contribution is 2.22. The number of nitrogens with zero attached hydrogens (tertiary/aromatic N) is 3. The van der Waals surface area contributed by atoms with Crippen LogP contribution < -0.4 is 15.8 Å². The summed E-state index contributed by atoms with van der Waals surface area (Å²) in [6, 6.07) is 7.42. The van der Waals surface area contributed by atoms with E-state index in [2.05, 4.69) is 25.3 Å². The van der Waals surface area contributed by atoms with Crippen molar-refractivity contribution in [3.8, 4) is 5.75 Å². The predicted molar refractivity (Wildman–Crippen MR) is 77.3 cm³/mol. The molecular weight excluding hydrogens is 258 g/mol. The summed E-state index contributed by atoms with van der Waals surface area (Å²) in [5, 5.41) is 6.83. The molecule has 0 aliphatic carbocycles. The van der Waals surface area contributed by atoms with Crippen molar-refractivity contribution in [1.82, 2.24) is 9.97 Å². The van der Waals surface area contributed by atoms with Gasteiger partial charge in [0.15, 0.2) is 0 Å². The van der Waals surface area contributed by atoms with E-state index in [9.17, 15) is 0 Å². The Labute approximate surface area is 116 Å². The minimum absolute atomic E-state index is 0.316. The summed E-state index contributed by atoms with van der Waals surface area (Å²) in [5.74, 6) is 1.64. The van der Waals surface area contributed by atoms with Crippen LogP contribution >= 0.6 is 0 Å². The van der Waals surface area contributed by atoms with Crippen molar-refractivity contribution in [1.29, 1.82) is 0 Å². The SMILES string of the molecule is CON=Cc1c(N)ncnc1Nc1ccc(OC)cc1. The van der Waals surface area contributed by atoms with Gasteiger partial charge in [0.2, 0.25) is 0 Å². The number of oxime groups is 1. The lowest BCUT2D eigenvalue weighted by molar-refractivity contribution is 0.215. The average Bonchev–Trinajstić information content (AvgIpc) is 2.47. The van der Waals surface area contributed by atoms with Crippen LogP contribution in [0, 0.1) is 0 Å². The largest absolute Gasteiger partial charge is 0.497 e. The van der Waals surface area contributed by atoms with Crippen molar-refractivity contribution >= 4 is 23.5 Å². The number of aromatic nitrogens is 2. The second-order valence-electron chi connectivity index (χ2n) is 3.79. The van der Waals surface area contributed by atoms with E-state index in [0.717, 1.165) is 11.4 Å². The standard InChI is InChI=1S/C13H15N5O2/c1-19-10-5-3-9(4-6-10)18-13-11(7-17-20-2)12(14)15-8-16-13/h3-8H,1-2H3,(H3,14,15,16,18). The van der Waals surface area contributed by atoms with Crippen molar-refractivity contribution in [2.45, 2.75) is 0 Å². The zero-order valence-electron chi connectivity index (χ0n) is 11.2. The van der Waals surface area contributed by atoms with Gasteiger partial charge in [0.1, 0.15) is 30.8 Å². The molecule has 0 bridgehead atoms. The maximum atomic E-state index is 5.80. The summed E-state index contributed by atoms with van der Waals surface area (Å²) in [6.45, 7) is 0. The molecule has 1 heterocycles. The summed E-state index contributed by atoms with van der Waals surface area (Å²) in [6.07, 6.45) is 2.84. The molecule has 0 aliphatic heterocycles. The van der Waals surface area contributed by atoms with Gasteiger partial charge in [-0.15, -0.1) is 0 Å². The molecule has 0 saturated heterocycles. The number of nitrogens with one attached hydrogen (secondary N) is 1. The smallest absolute Gasteiger partial charge is 0.144 e. The highest BCUT2D eigenvalue weighted by Gasteiger charge is 2.07. The van der Waals surface area contributed by atoms with E-state index in [1.165, 1.54) is 19.7 Å². The lowest BCUT2D eigenvalue weighted by Crippen LogP contribution is -2.05. The van der Waals surface area contributed by atoms with Crippen molar-refractivity contribution in [2.75, 3.05) is 25.3 Å². The molecule has 0 saturated carbocycles. The molecule has 1 aromatic heterocycles. The molecule has 0 amide bonds. The van der Waals surface area contributed by atoms with Gasteiger partial charge in [-0.1, -0.05) is 5.16 Å². The highest BCUT2D eigenvalue weighted by molar-refractivity contribution is 5.92. The number of ether oxygens (including phenoxy) is 1. The molecule has 3 N–H and O–H groups in total. The van der Waals surface area contributed by atoms with Crippen LogP contribution in [0.2, 0.25) is 0 Å². The molecule has 20 heavy (non-hydrogen) atoms. The first kappa shape index (κ1) is 13.6. The van der Waals surface area contributed by atoms with Gasteiger partial charge < -0.3 is 20.6 Å². The van der Waals surface area contributed by atoms with Gasteiger partial charge in [0.25, 0.3) is 0 Å². The Hall–Kier alpha value is -2.83. The zero-order chi connectivity index (χ0) is 14.4. The van der Waals surface area contributed by atoms with Crippen LogP contribution in [0.4, 0.5) is 17.3 Å². The average molecular weight is 273 g/mol. The predicted octanol–water partition coefficient (Wildman–Crippen LogP) is 1.79. The topological polar surface area (TPSA) is 94.7 Å². The first-order valence-corrected chi connectivity index (χ1v) is 5.82. The third-order valence-corrected chi connectivity index (χ3v) is 2.55. The fraction of sp³-hybridized carbons (Fsp3) is 0.154. The molecule has 104 valence electrons. The van der Waals surface area contributed by atoms with Crippen LogP contribution in [0.3, 0.4) is 0 Å². The van der Waals surface area contributed by atoms with Crippen molar-refractivity contribution in [3.05, 3.63) is 36.2 Å². The third-order valence-electron chi connectivity index (χ3n) is 2.55. The van der Waals surface area contributed by atoms with Crippen LogP contribution in [-0.2, 0) is 4.84 Å². The molecule has 2 aromatic rings. The van der Waals surface area contributed by atoms with Crippen molar-refractivity contribution < 1.29 is 9.57 Å². The minimum Gasteiger partial charge on any atom is -0.497 e. The Morgan fingerprint density at radius 2 is 1.95 bits per heavy atom. The van der Waals surface area contributed by atoms with E-state index in [-0.39, 0.29) is 0 Å². The van der Waals surface area contributed by atoms with Crippen LogP contribution in [0.1, 0.15) is 5.56 Å². The van der Waals surface area contributed by atoms with E-state index in [4.69, 9.17) is 10.5 Å². The van der Waals surface area contributed by atoms with Crippen molar-refractivity contribution in [2.24, 2.45) is 5.16 Å². The number of nitrogens with two attached hydrogens (primary N) is 1. The fourth-order valence-corrected chi connectivity index (χ4v) is 1.55. The van der Waals surface area contributed by atoms with Crippen LogP contribution in [0.5, 0.6) is 5.75 Å². The minimum atomic E-state index is 0.316. The van der Waals surface area contributed by atoms with Crippen molar-refractivity contribution in [3.63, 3.8) is 0 Å². The molecule has 0 atom stereocenters. The first-order chi connectivity index (χ1) is 9.74. The Balaban J connectivity index is 2.27. The molecule has 0 spiro atoms. The number of anilines is 3. The molecule has 0 fully saturated rings. The van der Waals surface area contributed by atoms with Crippen LogP contribution in [0.25, 0.3) is 0 Å². The van der Waals surface area contributed by atoms with Gasteiger partial charge in [-0.25, -0.2) is 9.97 Å². The molecular formula is C13H15N5O2. The maximum absolute atomic E-state index is 5.80. The zero-order valence-corrected chi connectivity index (χ0v) is 11.2. The Bertz CT molecular complexity index is 598. The number of nitrogen functional groups attached to an aromatic ring is 1. The molecule has 0 aliphatic rings. The molecule has 2 rings (SSSR count). The summed E-state index contributed by atoms with van der Waals surface area (Å²) in [5.41, 5.74) is 7.21. The van der Waals surface area contributed by atoms with Gasteiger partial charge in [0, 0.05) is 5.69 Å². The third kappa shape index (κ3) is 3.14. The van der Waals surface area contributed by atoms with Gasteiger partial charge in [-0.2, -0.15) is 0 Å². The van der Waals surface area contributed by atoms with Gasteiger partial charge in [-0.05, 0) is 24.3 Å². The molecule has 0 radical (unpaired) electrons. The fourth-order valence-electron chi connectivity index (χ4n) is 1.55. The second-order valence-corrected chi connectivity index (χ2v) is 3.79. The van der Waals surface area contributed by atoms with Gasteiger partial charge in [0.05, 0.1) is 18.9 Å². The number of benzene rings is 1. The number of hydrogen-bond donors (Lipinski definition) is 2. The van der Waals surface area contributed by atoms with E-state index in [1.54, 1.807) is 7.11 Å². The quantitative estimate of drug-likeness (QED) is 0.637. The summed E-state index contributed by atoms with van der Waals surface area (Å²) < 4.78 is 5.10. The van der Waals surface area contributed by atoms with E-state index < -0.39 is 0 Å². The molecule has 7 nitrogen and oxygen atoms in total. The van der Waals surface area contributed by atoms with E-state index in [1.807, 2.05) is 24.3 Å². The second kappa shape index (κ2) is 6.37. The van der Waals surface area contributed by atoms with Crippen LogP contribution in [0.15, 0.2) is 35.7 Å². The first-order valence-electron chi connectivity index (χ1n) is 5.82. The Kier molecular flexibility index (Phi) is 4.33. The maximum Gasteiger partial charge on any atom is 0.144 e. The lowest BCUT2D eigenvalue weighted by atomic mass is 10.2. The summed E-state index contributed by atoms with van der Waals surface area (Å²) in [4.78, 5) is 12.7. The Morgan fingerprint density at radius 1 is 1.20 bits per heavy atom. The van der Waals surface area contributed by atoms with E-state index >= 15 is 0 Å². The molecule has 1 aromatic carbocycles. The summed E-state index contributed by atoms with van der Waals surface area (Å²) >= 11 is 0. The highest BCUT2D eigenvalue weighted by atomic mass is 16.6. The monoisotopic (exact) mass is 273 g/mol. The summed E-state index contributed by atoms with van der Waals surface area (Å²) in [7, 11) is 3.07. The number of rotatable bonds is 5. The van der Waals surface area contributed by atoms with Crippen LogP contribution in [-0.4, -0.2) is 30.4 Å². The number of methoxy groups -OCH3 is 1. The van der Waals surface area contributed by atoms with Gasteiger partial charge in [-0.3, -0.25) is 0 Å². The Morgan fingerprint density at radius 3 is 2.60 bits per heavy atom. The molecule has 7 heteroatoms. The normalized spacial score (nSPS) is 10.5. The number of hydrogen-bond acceptors (Lipinski definition) is 7. The lowest BCUT2D eigenvalue weighted by Gasteiger charge is -2.09. The molecule has 0 unspecified atom stereocenters. The van der Waals surface area contributed by atoms with E-state index in [0.29, 0.717) is 17.2 Å². The van der Waals surface area contributed by atoms with Gasteiger partial charge >= 0.3 is 0 Å².